The second-order valence-corrected chi connectivity index (χ2v) is 11.1. The SMILES string of the molecule is CCOP(=O)(CSc1c[nH]c2ccc(-c3ccc(N4CC[C@H](O)C4)cc3)cc12)OCC. The van der Waals surface area contributed by atoms with Crippen LogP contribution in [0.2, 0.25) is 0 Å². The van der Waals surface area contributed by atoms with E-state index in [0.29, 0.717) is 19.8 Å². The first-order valence-electron chi connectivity index (χ1n) is 10.7. The van der Waals surface area contributed by atoms with E-state index in [1.165, 1.54) is 11.8 Å². The lowest BCUT2D eigenvalue weighted by atomic mass is 10.0. The van der Waals surface area contributed by atoms with Gasteiger partial charge in [-0.15, -0.1) is 11.8 Å². The van der Waals surface area contributed by atoms with Crippen LogP contribution < -0.4 is 4.90 Å². The summed E-state index contributed by atoms with van der Waals surface area (Å²) in [6.45, 7) is 5.97. The first kappa shape index (κ1) is 22.4. The minimum Gasteiger partial charge on any atom is -0.391 e. The lowest BCUT2D eigenvalue weighted by molar-refractivity contribution is 0.198. The van der Waals surface area contributed by atoms with Crippen molar-refractivity contribution < 1.29 is 18.7 Å². The molecule has 2 aromatic carbocycles. The molecular formula is C23H29N2O4PS. The Morgan fingerprint density at radius 1 is 1.13 bits per heavy atom. The van der Waals surface area contributed by atoms with Crippen LogP contribution in [-0.2, 0) is 13.6 Å². The van der Waals surface area contributed by atoms with Gasteiger partial charge in [-0.3, -0.25) is 4.57 Å². The van der Waals surface area contributed by atoms with Crippen LogP contribution in [0.25, 0.3) is 22.0 Å². The maximum Gasteiger partial charge on any atom is 0.340 e. The van der Waals surface area contributed by atoms with Crippen molar-refractivity contribution in [2.45, 2.75) is 31.3 Å². The smallest absolute Gasteiger partial charge is 0.340 e. The van der Waals surface area contributed by atoms with Gasteiger partial charge in [0.15, 0.2) is 0 Å². The van der Waals surface area contributed by atoms with Crippen LogP contribution >= 0.6 is 19.4 Å². The number of H-pyrrole nitrogens is 1. The van der Waals surface area contributed by atoms with Crippen molar-refractivity contribution in [1.29, 1.82) is 0 Å². The zero-order chi connectivity index (χ0) is 21.8. The fraction of sp³-hybridized carbons (Fsp3) is 0.391. The normalized spacial score (nSPS) is 17.0. The fourth-order valence-corrected chi connectivity index (χ4v) is 7.00. The van der Waals surface area contributed by atoms with Gasteiger partial charge in [0.1, 0.15) is 5.49 Å². The lowest BCUT2D eigenvalue weighted by Gasteiger charge is -2.18. The molecule has 0 bridgehead atoms. The summed E-state index contributed by atoms with van der Waals surface area (Å²) < 4.78 is 23.6. The van der Waals surface area contributed by atoms with Gasteiger partial charge < -0.3 is 24.0 Å². The summed E-state index contributed by atoms with van der Waals surface area (Å²) in [6.07, 6.45) is 2.54. The number of benzene rings is 2. The van der Waals surface area contributed by atoms with Gasteiger partial charge in [0.05, 0.1) is 19.3 Å². The van der Waals surface area contributed by atoms with Crippen LogP contribution in [0.5, 0.6) is 0 Å². The molecule has 0 saturated carbocycles. The maximum atomic E-state index is 12.8. The Hall–Kier alpha value is -1.76. The van der Waals surface area contributed by atoms with Gasteiger partial charge in [-0.2, -0.15) is 0 Å². The predicted molar refractivity (Wildman–Crippen MR) is 128 cm³/mol. The Balaban J connectivity index is 1.53. The van der Waals surface area contributed by atoms with Gasteiger partial charge in [-0.25, -0.2) is 0 Å². The standard InChI is InChI=1S/C23H29N2O4PS/c1-3-28-30(27,29-4-2)16-31-23-14-24-22-10-7-18(13-21(22)23)17-5-8-19(9-6-17)25-12-11-20(26)15-25/h5-10,13-14,20,24,26H,3-4,11-12,15-16H2,1-2H3/t20-/m0/s1. The Kier molecular flexibility index (Phi) is 7.09. The largest absolute Gasteiger partial charge is 0.391 e. The van der Waals surface area contributed by atoms with E-state index >= 15 is 0 Å². The molecule has 4 rings (SSSR count). The van der Waals surface area contributed by atoms with Crippen molar-refractivity contribution in [3.05, 3.63) is 48.7 Å². The molecule has 0 unspecified atom stereocenters. The number of rotatable bonds is 9. The van der Waals surface area contributed by atoms with Crippen LogP contribution in [-0.4, -0.2) is 48.0 Å². The number of aliphatic hydroxyl groups excluding tert-OH is 1. The van der Waals surface area contributed by atoms with Crippen molar-refractivity contribution in [1.82, 2.24) is 4.98 Å². The van der Waals surface area contributed by atoms with E-state index in [0.717, 1.165) is 45.6 Å². The van der Waals surface area contributed by atoms with Crippen molar-refractivity contribution in [2.24, 2.45) is 0 Å². The highest BCUT2D eigenvalue weighted by atomic mass is 32.2. The molecule has 0 amide bonds. The molecule has 1 aliphatic heterocycles. The third kappa shape index (κ3) is 5.18. The third-order valence-electron chi connectivity index (χ3n) is 5.40. The molecule has 1 atom stereocenters. The number of β-amino-alcohol motifs (C(OH)–C–C–N with tert-alkyl or cyclic N) is 1. The van der Waals surface area contributed by atoms with Crippen LogP contribution in [0, 0.1) is 0 Å². The van der Waals surface area contributed by atoms with E-state index in [4.69, 9.17) is 9.05 Å². The van der Waals surface area contributed by atoms with E-state index in [2.05, 4.69) is 52.3 Å². The molecule has 31 heavy (non-hydrogen) atoms. The molecule has 0 radical (unpaired) electrons. The molecule has 1 aliphatic rings. The number of nitrogens with one attached hydrogen (secondary N) is 1. The van der Waals surface area contributed by atoms with E-state index in [9.17, 15) is 9.67 Å². The summed E-state index contributed by atoms with van der Waals surface area (Å²) in [4.78, 5) is 6.54. The summed E-state index contributed by atoms with van der Waals surface area (Å²) in [5.41, 5.74) is 4.72. The number of hydrogen-bond acceptors (Lipinski definition) is 6. The third-order valence-corrected chi connectivity index (χ3v) is 9.14. The molecule has 1 fully saturated rings. The summed E-state index contributed by atoms with van der Waals surface area (Å²) in [5, 5.41) is 10.9. The monoisotopic (exact) mass is 460 g/mol. The number of nitrogens with zero attached hydrogens (tertiary/aromatic N) is 1. The first-order chi connectivity index (χ1) is 15.0. The topological polar surface area (TPSA) is 74.8 Å². The zero-order valence-electron chi connectivity index (χ0n) is 17.9. The van der Waals surface area contributed by atoms with Crippen molar-refractivity contribution in [2.75, 3.05) is 36.7 Å². The molecule has 1 aromatic heterocycles. The number of aliphatic hydroxyl groups is 1. The Bertz CT molecular complexity index is 1060. The highest BCUT2D eigenvalue weighted by molar-refractivity contribution is 8.04. The molecule has 3 aromatic rings. The van der Waals surface area contributed by atoms with E-state index in [-0.39, 0.29) is 11.6 Å². The summed E-state index contributed by atoms with van der Waals surface area (Å²) in [5.74, 6) is 0. The molecule has 2 heterocycles. The number of anilines is 1. The van der Waals surface area contributed by atoms with Gasteiger partial charge in [-0.1, -0.05) is 18.2 Å². The van der Waals surface area contributed by atoms with Gasteiger partial charge in [-0.05, 0) is 55.7 Å². The average Bonchev–Trinajstić information content (AvgIpc) is 3.38. The molecule has 2 N–H and O–H groups in total. The molecule has 8 heteroatoms. The van der Waals surface area contributed by atoms with Gasteiger partial charge in [0.25, 0.3) is 0 Å². The Morgan fingerprint density at radius 2 is 1.84 bits per heavy atom. The van der Waals surface area contributed by atoms with Gasteiger partial charge in [0, 0.05) is 40.8 Å². The van der Waals surface area contributed by atoms with Crippen molar-refractivity contribution >= 4 is 35.9 Å². The number of fused-ring (bicyclic) bond motifs is 1. The van der Waals surface area contributed by atoms with E-state index < -0.39 is 7.60 Å². The van der Waals surface area contributed by atoms with Crippen molar-refractivity contribution in [3.63, 3.8) is 0 Å². The Morgan fingerprint density at radius 3 is 2.48 bits per heavy atom. The van der Waals surface area contributed by atoms with E-state index in [1.54, 1.807) is 0 Å². The van der Waals surface area contributed by atoms with Crippen LogP contribution in [0.15, 0.2) is 53.6 Å². The number of aromatic amines is 1. The average molecular weight is 461 g/mol. The predicted octanol–water partition coefficient (Wildman–Crippen LogP) is 5.72. The molecule has 1 saturated heterocycles. The highest BCUT2D eigenvalue weighted by Gasteiger charge is 2.24. The highest BCUT2D eigenvalue weighted by Crippen LogP contribution is 2.52. The Labute approximate surface area is 187 Å². The van der Waals surface area contributed by atoms with Crippen molar-refractivity contribution in [3.8, 4) is 11.1 Å². The van der Waals surface area contributed by atoms with Crippen LogP contribution in [0.3, 0.4) is 0 Å². The molecule has 0 spiro atoms. The second kappa shape index (κ2) is 9.80. The molecule has 6 nitrogen and oxygen atoms in total. The van der Waals surface area contributed by atoms with E-state index in [1.807, 2.05) is 20.0 Å². The summed E-state index contributed by atoms with van der Waals surface area (Å²) >= 11 is 1.49. The second-order valence-electron chi connectivity index (χ2n) is 7.57. The number of aromatic nitrogens is 1. The van der Waals surface area contributed by atoms with Crippen LogP contribution in [0.4, 0.5) is 5.69 Å². The molecule has 166 valence electrons. The number of hydrogen-bond donors (Lipinski definition) is 2. The maximum absolute atomic E-state index is 12.8. The number of thioether (sulfide) groups is 1. The minimum absolute atomic E-state index is 0.229. The van der Waals surface area contributed by atoms with Gasteiger partial charge >= 0.3 is 7.60 Å². The minimum atomic E-state index is -3.10. The lowest BCUT2D eigenvalue weighted by Crippen LogP contribution is -2.20. The first-order valence-corrected chi connectivity index (χ1v) is 13.4. The fourth-order valence-electron chi connectivity index (χ4n) is 3.89. The van der Waals surface area contributed by atoms with Crippen LogP contribution in [0.1, 0.15) is 20.3 Å². The summed E-state index contributed by atoms with van der Waals surface area (Å²) in [6, 6.07) is 14.8. The molecule has 0 aliphatic carbocycles. The summed E-state index contributed by atoms with van der Waals surface area (Å²) in [7, 11) is -3.10. The zero-order valence-corrected chi connectivity index (χ0v) is 19.6. The quantitative estimate of drug-likeness (QED) is 0.314. The van der Waals surface area contributed by atoms with Gasteiger partial charge in [0.2, 0.25) is 0 Å². The molecular weight excluding hydrogens is 431 g/mol.